The molecule has 28 heavy (non-hydrogen) atoms. The van der Waals surface area contributed by atoms with Crippen molar-refractivity contribution in [2.24, 2.45) is 0 Å². The summed E-state index contributed by atoms with van der Waals surface area (Å²) in [5, 5.41) is 2.97. The topological polar surface area (TPSA) is 83.6 Å². The highest BCUT2D eigenvalue weighted by atomic mass is 32.2. The molecule has 1 aromatic carbocycles. The van der Waals surface area contributed by atoms with E-state index in [9.17, 15) is 18.0 Å². The van der Waals surface area contributed by atoms with E-state index in [0.29, 0.717) is 12.8 Å². The quantitative estimate of drug-likeness (QED) is 0.787. The number of carbonyl (C=O) groups excluding carboxylic acids is 2. The van der Waals surface area contributed by atoms with Gasteiger partial charge in [-0.3, -0.25) is 9.59 Å². The number of hydrogen-bond acceptors (Lipinski definition) is 4. The molecular weight excluding hydrogens is 376 g/mol. The molecule has 1 fully saturated rings. The summed E-state index contributed by atoms with van der Waals surface area (Å²) in [6.45, 7) is 3.79. The highest BCUT2D eigenvalue weighted by molar-refractivity contribution is 7.91. The molecule has 0 radical (unpaired) electrons. The van der Waals surface area contributed by atoms with Crippen LogP contribution in [0.2, 0.25) is 0 Å². The molecular formula is C21H30N2O4S. The molecule has 1 N–H and O–H groups in total. The molecule has 7 heteroatoms. The van der Waals surface area contributed by atoms with Crippen molar-refractivity contribution in [3.63, 3.8) is 0 Å². The minimum Gasteiger partial charge on any atom is -0.353 e. The lowest BCUT2D eigenvalue weighted by molar-refractivity contribution is -0.121. The Bertz CT molecular complexity index is 844. The van der Waals surface area contributed by atoms with Crippen LogP contribution in [0, 0.1) is 0 Å². The number of carbonyl (C=O) groups is 2. The fourth-order valence-electron chi connectivity index (χ4n) is 4.24. The number of rotatable bonds is 6. The molecule has 1 aliphatic heterocycles. The van der Waals surface area contributed by atoms with Crippen LogP contribution in [-0.4, -0.2) is 38.1 Å². The van der Waals surface area contributed by atoms with Crippen molar-refractivity contribution < 1.29 is 18.0 Å². The Morgan fingerprint density at radius 3 is 2.57 bits per heavy atom. The van der Waals surface area contributed by atoms with Gasteiger partial charge >= 0.3 is 0 Å². The molecule has 154 valence electrons. The Balaban J connectivity index is 1.65. The van der Waals surface area contributed by atoms with Gasteiger partial charge in [-0.05, 0) is 49.9 Å². The van der Waals surface area contributed by atoms with Crippen molar-refractivity contribution in [1.29, 1.82) is 0 Å². The summed E-state index contributed by atoms with van der Waals surface area (Å²) in [4.78, 5) is 26.3. The Kier molecular flexibility index (Phi) is 6.43. The van der Waals surface area contributed by atoms with Crippen molar-refractivity contribution >= 4 is 27.3 Å². The molecule has 0 aromatic heterocycles. The first-order valence-electron chi connectivity index (χ1n) is 10.3. The number of hydrogen-bond donors (Lipinski definition) is 1. The van der Waals surface area contributed by atoms with Crippen LogP contribution in [0.15, 0.2) is 23.1 Å². The number of fused-ring (bicyclic) bond motifs is 1. The lowest BCUT2D eigenvalue weighted by Gasteiger charge is -2.22. The van der Waals surface area contributed by atoms with E-state index >= 15 is 0 Å². The zero-order chi connectivity index (χ0) is 20.3. The summed E-state index contributed by atoms with van der Waals surface area (Å²) < 4.78 is 25.4. The van der Waals surface area contributed by atoms with E-state index in [4.69, 9.17) is 0 Å². The van der Waals surface area contributed by atoms with E-state index in [1.54, 1.807) is 23.1 Å². The number of nitrogens with one attached hydrogen (secondary N) is 1. The largest absolute Gasteiger partial charge is 0.353 e. The van der Waals surface area contributed by atoms with Crippen LogP contribution >= 0.6 is 0 Å². The number of amides is 2. The van der Waals surface area contributed by atoms with Gasteiger partial charge in [0, 0.05) is 30.6 Å². The lowest BCUT2D eigenvalue weighted by atomic mass is 9.95. The second-order valence-corrected chi connectivity index (χ2v) is 10.0. The molecule has 2 amide bonds. The fraction of sp³-hybridized carbons (Fsp3) is 0.619. The predicted octanol–water partition coefficient (Wildman–Crippen LogP) is 2.99. The Labute approximate surface area is 167 Å². The van der Waals surface area contributed by atoms with Gasteiger partial charge in [0.2, 0.25) is 11.8 Å². The van der Waals surface area contributed by atoms with Crippen LogP contribution < -0.4 is 10.2 Å². The first-order chi connectivity index (χ1) is 13.3. The SMILES string of the molecule is CCC(=O)N1c2ccc(S(=O)(=O)CCC(=O)NC3CCCCC3)cc2CC1C. The fourth-order valence-corrected chi connectivity index (χ4v) is 5.53. The molecule has 0 saturated heterocycles. The maximum Gasteiger partial charge on any atom is 0.226 e. The zero-order valence-electron chi connectivity index (χ0n) is 16.7. The molecule has 0 spiro atoms. The monoisotopic (exact) mass is 406 g/mol. The average molecular weight is 407 g/mol. The minimum atomic E-state index is -3.54. The van der Waals surface area contributed by atoms with Crippen LogP contribution in [0.1, 0.15) is 64.4 Å². The normalized spacial score (nSPS) is 20.1. The smallest absolute Gasteiger partial charge is 0.226 e. The maximum atomic E-state index is 12.7. The standard InChI is InChI=1S/C21H30N2O4S/c1-3-21(25)23-15(2)13-16-14-18(9-10-19(16)23)28(26,27)12-11-20(24)22-17-7-5-4-6-8-17/h9-10,14-15,17H,3-8,11-13H2,1-2H3,(H,22,24). The molecule has 6 nitrogen and oxygen atoms in total. The highest BCUT2D eigenvalue weighted by Crippen LogP contribution is 2.34. The van der Waals surface area contributed by atoms with Crippen molar-refractivity contribution in [3.8, 4) is 0 Å². The van der Waals surface area contributed by atoms with Crippen molar-refractivity contribution in [2.75, 3.05) is 10.7 Å². The van der Waals surface area contributed by atoms with Gasteiger partial charge in [0.1, 0.15) is 0 Å². The highest BCUT2D eigenvalue weighted by Gasteiger charge is 2.31. The van der Waals surface area contributed by atoms with E-state index in [-0.39, 0.29) is 41.0 Å². The van der Waals surface area contributed by atoms with Gasteiger partial charge in [-0.1, -0.05) is 26.2 Å². The Morgan fingerprint density at radius 2 is 1.89 bits per heavy atom. The number of benzene rings is 1. The molecule has 1 atom stereocenters. The van der Waals surface area contributed by atoms with Gasteiger partial charge < -0.3 is 10.2 Å². The number of nitrogens with zero attached hydrogens (tertiary/aromatic N) is 1. The third kappa shape index (κ3) is 4.57. The van der Waals surface area contributed by atoms with Gasteiger partial charge in [0.25, 0.3) is 0 Å². The summed E-state index contributed by atoms with van der Waals surface area (Å²) in [5.74, 6) is -0.344. The maximum absolute atomic E-state index is 12.7. The molecule has 1 aromatic rings. The van der Waals surface area contributed by atoms with E-state index in [1.165, 1.54) is 6.42 Å². The van der Waals surface area contributed by atoms with Crippen LogP contribution in [0.5, 0.6) is 0 Å². The second kappa shape index (κ2) is 8.64. The molecule has 1 aliphatic carbocycles. The molecule has 2 aliphatic rings. The lowest BCUT2D eigenvalue weighted by Crippen LogP contribution is -2.36. The summed E-state index contributed by atoms with van der Waals surface area (Å²) in [5.41, 5.74) is 1.68. The van der Waals surface area contributed by atoms with Gasteiger partial charge in [-0.15, -0.1) is 0 Å². The summed E-state index contributed by atoms with van der Waals surface area (Å²) in [7, 11) is -3.54. The number of sulfone groups is 1. The van der Waals surface area contributed by atoms with E-state index in [1.807, 2.05) is 13.8 Å². The predicted molar refractivity (Wildman–Crippen MR) is 109 cm³/mol. The second-order valence-electron chi connectivity index (χ2n) is 7.93. The average Bonchev–Trinajstić information content (AvgIpc) is 3.01. The van der Waals surface area contributed by atoms with Crippen molar-refractivity contribution in [1.82, 2.24) is 5.32 Å². The van der Waals surface area contributed by atoms with Crippen molar-refractivity contribution in [3.05, 3.63) is 23.8 Å². The van der Waals surface area contributed by atoms with Gasteiger partial charge in [-0.25, -0.2) is 8.42 Å². The minimum absolute atomic E-state index is 0.0211. The molecule has 1 heterocycles. The Hall–Kier alpha value is -1.89. The third-order valence-electron chi connectivity index (χ3n) is 5.76. The number of anilines is 1. The van der Waals surface area contributed by atoms with Crippen molar-refractivity contribution in [2.45, 2.75) is 82.2 Å². The third-order valence-corrected chi connectivity index (χ3v) is 7.48. The van der Waals surface area contributed by atoms with E-state index in [2.05, 4.69) is 5.32 Å². The van der Waals surface area contributed by atoms with Crippen LogP contribution in [0.25, 0.3) is 0 Å². The summed E-state index contributed by atoms with van der Waals surface area (Å²) in [6, 6.07) is 5.17. The molecule has 1 unspecified atom stereocenters. The van der Waals surface area contributed by atoms with Crippen LogP contribution in [0.4, 0.5) is 5.69 Å². The summed E-state index contributed by atoms with van der Waals surface area (Å²) in [6.07, 6.45) is 6.45. The van der Waals surface area contributed by atoms with Crippen LogP contribution in [-0.2, 0) is 25.8 Å². The van der Waals surface area contributed by atoms with Gasteiger partial charge in [0.15, 0.2) is 9.84 Å². The molecule has 3 rings (SSSR count). The van der Waals surface area contributed by atoms with E-state index in [0.717, 1.165) is 36.9 Å². The zero-order valence-corrected chi connectivity index (χ0v) is 17.6. The Morgan fingerprint density at radius 1 is 1.18 bits per heavy atom. The van der Waals surface area contributed by atoms with Gasteiger partial charge in [0.05, 0.1) is 10.6 Å². The van der Waals surface area contributed by atoms with Crippen LogP contribution in [0.3, 0.4) is 0 Å². The van der Waals surface area contributed by atoms with E-state index < -0.39 is 9.84 Å². The molecule has 0 bridgehead atoms. The molecule has 1 saturated carbocycles. The summed E-state index contributed by atoms with van der Waals surface area (Å²) >= 11 is 0. The van der Waals surface area contributed by atoms with Gasteiger partial charge in [-0.2, -0.15) is 0 Å². The first kappa shape index (κ1) is 20.8. The first-order valence-corrected chi connectivity index (χ1v) is 11.9.